The van der Waals surface area contributed by atoms with Gasteiger partial charge < -0.3 is 59.2 Å². The van der Waals surface area contributed by atoms with E-state index in [4.69, 9.17) is 54.6 Å². The zero-order valence-electron chi connectivity index (χ0n) is 57.2. The Labute approximate surface area is 582 Å². The third kappa shape index (κ3) is 16.4. The molecule has 4 N–H and O–H groups in total. The lowest BCUT2D eigenvalue weighted by Crippen LogP contribution is -2.46. The molecule has 0 spiro atoms. The number of carbonyl (C=O) groups is 8. The number of carbonyl (C=O) groups excluding carboxylic acids is 8. The summed E-state index contributed by atoms with van der Waals surface area (Å²) in [5.74, 6) is -3.44. The number of hydrogen-bond acceptors (Lipinski definition) is 28. The van der Waals surface area contributed by atoms with Gasteiger partial charge in [0.25, 0.3) is 40.5 Å². The standard InChI is InChI=1S/4C16H23NO7S/c1-9(2)15(19)17-8-12(18)22-4-5-23-14-13-10-6-16(14,3)7-11(10)25(20,21)24-13;1-9(2)15(19)17-8-12(18)22-4-5-23-13-10-6-11-16(3,7-10)14(13)24-25(11,20)21;1-9(2)15(19)17-8-13(18)22-4-5-23-14-10-6-11-12(7-10)25(20,21)24-16(11,14)3;1-8(2)16(19)17-7-12(18)22-4-5-23-13-10-6-11-14(13)24-25(20,21)15(11)9(10)3/h2*10-11,13-14H,1,4-8H2,2-3H3,(H,17,19);10-12,14H,1,4-8H2,2-3H3,(H,17,19);9-11,13-15H,1,4-7H2,2-3H3,(H,17,19). The van der Waals surface area contributed by atoms with Gasteiger partial charge in [0, 0.05) is 45.5 Å². The topological polar surface area (TPSA) is 432 Å². The van der Waals surface area contributed by atoms with E-state index in [1.165, 1.54) is 0 Å². The van der Waals surface area contributed by atoms with Crippen LogP contribution in [0.2, 0.25) is 0 Å². The molecule has 4 aliphatic heterocycles. The first-order chi connectivity index (χ1) is 46.7. The summed E-state index contributed by atoms with van der Waals surface area (Å²) in [6, 6.07) is 0. The molecule has 21 atom stereocenters. The van der Waals surface area contributed by atoms with Gasteiger partial charge in [0.15, 0.2) is 0 Å². The molecule has 0 aromatic heterocycles. The Morgan fingerprint density at radius 2 is 0.900 bits per heavy atom. The number of rotatable bonds is 28. The van der Waals surface area contributed by atoms with Gasteiger partial charge >= 0.3 is 23.9 Å². The molecule has 8 aliphatic carbocycles. The van der Waals surface area contributed by atoms with Crippen molar-refractivity contribution in [2.24, 2.45) is 52.3 Å². The van der Waals surface area contributed by atoms with E-state index in [1.807, 2.05) is 20.8 Å². The van der Waals surface area contributed by atoms with Crippen LogP contribution in [0.15, 0.2) is 48.6 Å². The maximum atomic E-state index is 12.0. The first-order valence-corrected chi connectivity index (χ1v) is 39.1. The third-order valence-electron chi connectivity index (χ3n) is 21.4. The van der Waals surface area contributed by atoms with E-state index in [2.05, 4.69) is 47.6 Å². The molecule has 4 amide bonds. The molecule has 32 nitrogen and oxygen atoms in total. The molecule has 36 heteroatoms. The lowest BCUT2D eigenvalue weighted by molar-refractivity contribution is -0.149. The first-order valence-electron chi connectivity index (χ1n) is 33.2. The van der Waals surface area contributed by atoms with Crippen LogP contribution in [0.25, 0.3) is 0 Å². The lowest BCUT2D eigenvalue weighted by Gasteiger charge is -2.33. The monoisotopic (exact) mass is 1490 g/mol. The minimum absolute atomic E-state index is 0.0000873. The van der Waals surface area contributed by atoms with Crippen LogP contribution in [0, 0.1) is 52.3 Å². The predicted octanol–water partition coefficient (Wildman–Crippen LogP) is 0.393. The second-order valence-corrected chi connectivity index (χ2v) is 35.6. The second kappa shape index (κ2) is 30.5. The van der Waals surface area contributed by atoms with Crippen molar-refractivity contribution in [2.45, 2.75) is 170 Å². The van der Waals surface area contributed by atoms with Crippen LogP contribution in [-0.4, -0.2) is 230 Å². The normalized spacial score (nSPS) is 37.0. The van der Waals surface area contributed by atoms with Crippen molar-refractivity contribution >= 4 is 88.0 Å². The summed E-state index contributed by atoms with van der Waals surface area (Å²) in [5, 5.41) is 7.88. The molecule has 8 bridgehead atoms. The fourth-order valence-corrected chi connectivity index (χ4v) is 25.3. The highest BCUT2D eigenvalue weighted by molar-refractivity contribution is 7.88. The first kappa shape index (κ1) is 78.3. The minimum atomic E-state index is -3.50. The van der Waals surface area contributed by atoms with Crippen molar-refractivity contribution in [1.29, 1.82) is 0 Å². The molecule has 0 aromatic rings. The molecule has 12 aliphatic rings. The Kier molecular flexibility index (Phi) is 23.9. The Bertz CT molecular complexity index is 3620. The van der Waals surface area contributed by atoms with E-state index in [9.17, 15) is 72.0 Å². The maximum Gasteiger partial charge on any atom is 0.325 e. The summed E-state index contributed by atoms with van der Waals surface area (Å²) < 4.78 is 161. The summed E-state index contributed by atoms with van der Waals surface area (Å²) in [7, 11) is -14.0. The SMILES string of the molecule is C=C(C)C(=O)NCC(=O)OCCOC1C2CC3C(C)(C2)C1OS3(=O)=O.C=C(C)C(=O)NCC(=O)OCCOC1C2CC3C(C2)S(=O)(=O)OC31C.C=C(C)C(=O)NCC(=O)OCCOC1C2CC3C1OS(=O)(=O)C3C2C.C=C(C)C(=O)NCC(=O)OCCOC1C2OS(=O)(=O)C3CC1(C)CC23. The van der Waals surface area contributed by atoms with E-state index in [0.717, 1.165) is 25.7 Å². The zero-order valence-corrected chi connectivity index (χ0v) is 60.5. The number of nitrogens with one attached hydrogen (secondary N) is 4. The average Bonchev–Trinajstić information content (AvgIpc) is 1.55. The molecular formula is C64H92N4O28S4. The van der Waals surface area contributed by atoms with Gasteiger partial charge in [-0.3, -0.25) is 55.1 Å². The molecule has 4 saturated heterocycles. The molecule has 12 rings (SSSR count). The highest BCUT2D eigenvalue weighted by Crippen LogP contribution is 2.65. The van der Waals surface area contributed by atoms with E-state index < -0.39 is 133 Å². The Balaban J connectivity index is 0.000000156. The average molecular weight is 1490 g/mol. The Morgan fingerprint density at radius 1 is 0.450 bits per heavy atom. The largest absolute Gasteiger partial charge is 0.462 e. The van der Waals surface area contributed by atoms with Gasteiger partial charge in [-0.1, -0.05) is 47.1 Å². The van der Waals surface area contributed by atoms with Crippen molar-refractivity contribution in [2.75, 3.05) is 79.0 Å². The van der Waals surface area contributed by atoms with Crippen LogP contribution in [0.3, 0.4) is 0 Å². The smallest absolute Gasteiger partial charge is 0.325 e. The summed E-state index contributed by atoms with van der Waals surface area (Å²) in [6.45, 7) is 27.5. The van der Waals surface area contributed by atoms with Crippen LogP contribution in [0.1, 0.15) is 100 Å². The molecule has 21 unspecified atom stereocenters. The highest BCUT2D eigenvalue weighted by Gasteiger charge is 2.73. The molecule has 100 heavy (non-hydrogen) atoms. The predicted molar refractivity (Wildman–Crippen MR) is 348 cm³/mol. The van der Waals surface area contributed by atoms with Gasteiger partial charge in [-0.25, -0.2) is 0 Å². The van der Waals surface area contributed by atoms with Crippen LogP contribution in [0.5, 0.6) is 0 Å². The van der Waals surface area contributed by atoms with Gasteiger partial charge in [-0.2, -0.15) is 33.7 Å². The third-order valence-corrected chi connectivity index (χ3v) is 28.8. The fraction of sp³-hybridized carbons (Fsp3) is 0.750. The van der Waals surface area contributed by atoms with Crippen molar-refractivity contribution in [3.05, 3.63) is 48.6 Å². The quantitative estimate of drug-likeness (QED) is 0.0271. The van der Waals surface area contributed by atoms with Crippen LogP contribution in [-0.2, 0) is 133 Å². The van der Waals surface area contributed by atoms with E-state index in [1.54, 1.807) is 34.6 Å². The van der Waals surface area contributed by atoms with Crippen molar-refractivity contribution in [3.63, 3.8) is 0 Å². The summed E-state index contributed by atoms with van der Waals surface area (Å²) in [5.41, 5.74) is -0.167. The van der Waals surface area contributed by atoms with Crippen molar-refractivity contribution in [3.8, 4) is 0 Å². The van der Waals surface area contributed by atoms with Crippen molar-refractivity contribution in [1.82, 2.24) is 21.3 Å². The molecule has 0 aromatic carbocycles. The lowest BCUT2D eigenvalue weighted by atomic mass is 9.82. The molecule has 8 saturated carbocycles. The summed E-state index contributed by atoms with van der Waals surface area (Å²) in [6.07, 6.45) is 2.33. The second-order valence-electron chi connectivity index (χ2n) is 28.6. The zero-order chi connectivity index (χ0) is 73.6. The molecule has 560 valence electrons. The van der Waals surface area contributed by atoms with Crippen LogP contribution >= 0.6 is 0 Å². The van der Waals surface area contributed by atoms with Crippen LogP contribution in [0.4, 0.5) is 0 Å². The van der Waals surface area contributed by atoms with Crippen molar-refractivity contribution < 1.29 is 127 Å². The maximum absolute atomic E-state index is 12.0. The molecule has 4 heterocycles. The Hall–Kier alpha value is -5.80. The van der Waals surface area contributed by atoms with Gasteiger partial charge in [-0.15, -0.1) is 0 Å². The van der Waals surface area contributed by atoms with Gasteiger partial charge in [0.2, 0.25) is 23.6 Å². The number of esters is 4. The van der Waals surface area contributed by atoms with Gasteiger partial charge in [0.1, 0.15) is 76.5 Å². The number of ether oxygens (including phenoxy) is 8. The van der Waals surface area contributed by atoms with Gasteiger partial charge in [-0.05, 0) is 109 Å². The number of amides is 4. The molecule has 12 fully saturated rings. The molecular weight excluding hydrogens is 1400 g/mol. The fourth-order valence-electron chi connectivity index (χ4n) is 17.0. The highest BCUT2D eigenvalue weighted by atomic mass is 32.2. The van der Waals surface area contributed by atoms with E-state index in [-0.39, 0.29) is 156 Å². The number of fused-ring (bicyclic) bond motifs is 4. The van der Waals surface area contributed by atoms with Crippen LogP contribution < -0.4 is 21.3 Å². The summed E-state index contributed by atoms with van der Waals surface area (Å²) in [4.78, 5) is 91.3. The molecule has 0 radical (unpaired) electrons. The Morgan fingerprint density at radius 3 is 1.38 bits per heavy atom. The minimum Gasteiger partial charge on any atom is -0.462 e. The number of hydrogen-bond donors (Lipinski definition) is 4. The van der Waals surface area contributed by atoms with E-state index >= 15 is 0 Å². The summed E-state index contributed by atoms with van der Waals surface area (Å²) >= 11 is 0. The van der Waals surface area contributed by atoms with E-state index in [0.29, 0.717) is 41.6 Å². The van der Waals surface area contributed by atoms with Gasteiger partial charge in [0.05, 0.1) is 71.8 Å².